The lowest BCUT2D eigenvalue weighted by Gasteiger charge is -2.14. The molecule has 30 heavy (non-hydrogen) atoms. The Labute approximate surface area is 169 Å². The van der Waals surface area contributed by atoms with Crippen LogP contribution in [0.1, 0.15) is 12.5 Å². The van der Waals surface area contributed by atoms with Crippen molar-refractivity contribution >= 4 is 22.4 Å². The molecule has 0 aliphatic rings. The van der Waals surface area contributed by atoms with Gasteiger partial charge in [-0.3, -0.25) is 4.79 Å². The second kappa shape index (κ2) is 8.58. The number of rotatable bonds is 6. The number of anilines is 1. The first-order chi connectivity index (χ1) is 14.2. The molecule has 0 saturated carbocycles. The first-order valence-electron chi connectivity index (χ1n) is 9.13. The standard InChI is InChI=1S/C21H19F3N2O4/c1-2-30-20(29)18(27)11-25-13-8-7-12-9-17(26-19(28)15(12)10-13)14-5-3-4-6-16(14)21(22,23)24/h3-10,18,25,27H,2,11H2,1H3,(H,26,28). The van der Waals surface area contributed by atoms with E-state index in [1.54, 1.807) is 19.1 Å². The number of H-pyrrole nitrogens is 1. The smallest absolute Gasteiger partial charge is 0.417 e. The lowest BCUT2D eigenvalue weighted by molar-refractivity contribution is -0.152. The van der Waals surface area contributed by atoms with Gasteiger partial charge in [0, 0.05) is 22.3 Å². The molecule has 0 fully saturated rings. The molecule has 2 aromatic carbocycles. The van der Waals surface area contributed by atoms with Crippen molar-refractivity contribution in [1.82, 2.24) is 4.98 Å². The van der Waals surface area contributed by atoms with Gasteiger partial charge in [-0.2, -0.15) is 13.2 Å². The van der Waals surface area contributed by atoms with Crippen LogP contribution in [0.2, 0.25) is 0 Å². The predicted octanol–water partition coefficient (Wildman–Crippen LogP) is 3.55. The van der Waals surface area contributed by atoms with E-state index in [1.165, 1.54) is 30.3 Å². The van der Waals surface area contributed by atoms with Crippen molar-refractivity contribution in [3.8, 4) is 11.3 Å². The van der Waals surface area contributed by atoms with Gasteiger partial charge >= 0.3 is 12.1 Å². The van der Waals surface area contributed by atoms with Crippen molar-refractivity contribution in [3.63, 3.8) is 0 Å². The molecule has 0 aliphatic carbocycles. The molecule has 0 amide bonds. The molecule has 158 valence electrons. The third-order valence-electron chi connectivity index (χ3n) is 4.43. The Balaban J connectivity index is 1.91. The highest BCUT2D eigenvalue weighted by molar-refractivity contribution is 5.88. The van der Waals surface area contributed by atoms with Crippen molar-refractivity contribution in [2.45, 2.75) is 19.2 Å². The molecule has 1 atom stereocenters. The molecule has 6 nitrogen and oxygen atoms in total. The highest BCUT2D eigenvalue weighted by atomic mass is 19.4. The van der Waals surface area contributed by atoms with E-state index in [0.717, 1.165) is 6.07 Å². The molecular weight excluding hydrogens is 401 g/mol. The summed E-state index contributed by atoms with van der Waals surface area (Å²) < 4.78 is 44.6. The van der Waals surface area contributed by atoms with E-state index in [4.69, 9.17) is 4.74 Å². The number of carbonyl (C=O) groups excluding carboxylic acids is 1. The minimum absolute atomic E-state index is 0.0545. The number of aromatic nitrogens is 1. The number of aromatic amines is 1. The van der Waals surface area contributed by atoms with Crippen molar-refractivity contribution in [3.05, 3.63) is 64.4 Å². The van der Waals surface area contributed by atoms with Crippen LogP contribution in [-0.2, 0) is 15.7 Å². The van der Waals surface area contributed by atoms with Crippen molar-refractivity contribution < 1.29 is 27.8 Å². The lowest BCUT2D eigenvalue weighted by Crippen LogP contribution is -2.30. The molecule has 3 rings (SSSR count). The van der Waals surface area contributed by atoms with Gasteiger partial charge in [0.05, 0.1) is 18.7 Å². The number of hydrogen-bond donors (Lipinski definition) is 3. The Morgan fingerprint density at radius 2 is 1.93 bits per heavy atom. The molecule has 9 heteroatoms. The maximum Gasteiger partial charge on any atom is 0.417 e. The predicted molar refractivity (Wildman–Crippen MR) is 106 cm³/mol. The molecule has 1 heterocycles. The van der Waals surface area contributed by atoms with Gasteiger partial charge < -0.3 is 20.1 Å². The van der Waals surface area contributed by atoms with Crippen LogP contribution in [0.3, 0.4) is 0 Å². The summed E-state index contributed by atoms with van der Waals surface area (Å²) >= 11 is 0. The van der Waals surface area contributed by atoms with Gasteiger partial charge in [-0.05, 0) is 36.6 Å². The molecule has 0 radical (unpaired) electrons. The summed E-state index contributed by atoms with van der Waals surface area (Å²) in [5.74, 6) is -0.767. The second-order valence-corrected chi connectivity index (χ2v) is 6.51. The first-order valence-corrected chi connectivity index (χ1v) is 9.13. The average Bonchev–Trinajstić information content (AvgIpc) is 2.71. The van der Waals surface area contributed by atoms with Crippen LogP contribution >= 0.6 is 0 Å². The van der Waals surface area contributed by atoms with E-state index in [9.17, 15) is 27.9 Å². The van der Waals surface area contributed by atoms with Crippen LogP contribution in [0.15, 0.2) is 53.3 Å². The summed E-state index contributed by atoms with van der Waals surface area (Å²) in [6.45, 7) is 1.63. The van der Waals surface area contributed by atoms with E-state index in [-0.39, 0.29) is 29.8 Å². The Hall–Kier alpha value is -3.33. The first kappa shape index (κ1) is 21.4. The number of nitrogens with one attached hydrogen (secondary N) is 2. The zero-order valence-electron chi connectivity index (χ0n) is 15.9. The second-order valence-electron chi connectivity index (χ2n) is 6.51. The number of carbonyl (C=O) groups is 1. The molecule has 0 bridgehead atoms. The molecular formula is C21H19F3N2O4. The summed E-state index contributed by atoms with van der Waals surface area (Å²) in [6, 6.07) is 11.1. The summed E-state index contributed by atoms with van der Waals surface area (Å²) in [5.41, 5.74) is -1.01. The number of aliphatic hydroxyl groups excluding tert-OH is 1. The number of alkyl halides is 3. The van der Waals surface area contributed by atoms with Gasteiger partial charge in [-0.25, -0.2) is 4.79 Å². The molecule has 0 aliphatic heterocycles. The normalized spacial score (nSPS) is 12.6. The Morgan fingerprint density at radius 1 is 1.20 bits per heavy atom. The number of ether oxygens (including phenoxy) is 1. The number of fused-ring (bicyclic) bond motifs is 1. The fraction of sp³-hybridized carbons (Fsp3) is 0.238. The van der Waals surface area contributed by atoms with Gasteiger partial charge in [-0.1, -0.05) is 24.3 Å². The summed E-state index contributed by atoms with van der Waals surface area (Å²) in [5, 5.41) is 13.3. The van der Waals surface area contributed by atoms with E-state index in [0.29, 0.717) is 11.1 Å². The van der Waals surface area contributed by atoms with E-state index >= 15 is 0 Å². The summed E-state index contributed by atoms with van der Waals surface area (Å²) in [6.07, 6.45) is -5.93. The highest BCUT2D eigenvalue weighted by Crippen LogP contribution is 2.36. The van der Waals surface area contributed by atoms with Crippen LogP contribution < -0.4 is 10.9 Å². The number of pyridine rings is 1. The van der Waals surface area contributed by atoms with E-state index in [2.05, 4.69) is 10.3 Å². The zero-order chi connectivity index (χ0) is 21.9. The molecule has 3 aromatic rings. The number of hydrogen-bond acceptors (Lipinski definition) is 5. The van der Waals surface area contributed by atoms with Gasteiger partial charge in [-0.15, -0.1) is 0 Å². The van der Waals surface area contributed by atoms with E-state index < -0.39 is 29.4 Å². The van der Waals surface area contributed by atoms with Crippen molar-refractivity contribution in [2.75, 3.05) is 18.5 Å². The van der Waals surface area contributed by atoms with E-state index in [1.807, 2.05) is 0 Å². The quantitative estimate of drug-likeness (QED) is 0.531. The third-order valence-corrected chi connectivity index (χ3v) is 4.43. The Bertz CT molecular complexity index is 1130. The minimum atomic E-state index is -4.56. The average molecular weight is 420 g/mol. The van der Waals surface area contributed by atoms with Gasteiger partial charge in [0.2, 0.25) is 0 Å². The Morgan fingerprint density at radius 3 is 2.63 bits per heavy atom. The topological polar surface area (TPSA) is 91.4 Å². The molecule has 1 unspecified atom stereocenters. The van der Waals surface area contributed by atoms with Crippen molar-refractivity contribution in [1.29, 1.82) is 0 Å². The molecule has 1 aromatic heterocycles. The Kier molecular flexibility index (Phi) is 6.12. The largest absolute Gasteiger partial charge is 0.464 e. The number of esters is 1. The monoisotopic (exact) mass is 420 g/mol. The van der Waals surface area contributed by atoms with Crippen LogP contribution in [0.5, 0.6) is 0 Å². The molecule has 3 N–H and O–H groups in total. The number of benzene rings is 2. The highest BCUT2D eigenvalue weighted by Gasteiger charge is 2.33. The number of halogens is 3. The summed E-state index contributed by atoms with van der Waals surface area (Å²) in [7, 11) is 0. The molecule has 0 spiro atoms. The molecule has 0 saturated heterocycles. The van der Waals surface area contributed by atoms with Gasteiger partial charge in [0.15, 0.2) is 6.10 Å². The van der Waals surface area contributed by atoms with Crippen LogP contribution in [-0.4, -0.2) is 35.3 Å². The fourth-order valence-electron chi connectivity index (χ4n) is 3.02. The van der Waals surface area contributed by atoms with Crippen molar-refractivity contribution in [2.24, 2.45) is 0 Å². The lowest BCUT2D eigenvalue weighted by atomic mass is 10.0. The van der Waals surface area contributed by atoms with Crippen LogP contribution in [0, 0.1) is 0 Å². The maximum absolute atomic E-state index is 13.3. The third kappa shape index (κ3) is 4.62. The van der Waals surface area contributed by atoms with Gasteiger partial charge in [0.25, 0.3) is 5.56 Å². The van der Waals surface area contributed by atoms with Crippen LogP contribution in [0.4, 0.5) is 18.9 Å². The maximum atomic E-state index is 13.3. The SMILES string of the molecule is CCOC(=O)C(O)CNc1ccc2cc(-c3ccccc3C(F)(F)F)[nH]c(=O)c2c1. The van der Waals surface area contributed by atoms with Crippen LogP contribution in [0.25, 0.3) is 22.0 Å². The fourth-order valence-corrected chi connectivity index (χ4v) is 3.02. The van der Waals surface area contributed by atoms with Gasteiger partial charge in [0.1, 0.15) is 0 Å². The summed E-state index contributed by atoms with van der Waals surface area (Å²) in [4.78, 5) is 26.5. The number of aliphatic hydroxyl groups is 1. The minimum Gasteiger partial charge on any atom is -0.464 e. The zero-order valence-corrected chi connectivity index (χ0v) is 15.9.